The van der Waals surface area contributed by atoms with E-state index in [1.807, 2.05) is 12.1 Å². The van der Waals surface area contributed by atoms with E-state index in [-0.39, 0.29) is 29.3 Å². The zero-order valence-electron chi connectivity index (χ0n) is 16.7. The maximum atomic E-state index is 13.1. The van der Waals surface area contributed by atoms with Crippen LogP contribution < -0.4 is 14.4 Å². The van der Waals surface area contributed by atoms with Gasteiger partial charge >= 0.3 is 0 Å². The maximum absolute atomic E-state index is 13.1. The predicted octanol–water partition coefficient (Wildman–Crippen LogP) is 5.01. The number of benzene rings is 2. The van der Waals surface area contributed by atoms with Crippen LogP contribution in [0.3, 0.4) is 0 Å². The molecule has 0 radical (unpaired) electrons. The van der Waals surface area contributed by atoms with Crippen LogP contribution in [0.2, 0.25) is 0 Å². The molecule has 154 valence electrons. The standard InChI is InChI=1S/C23H26N2O3.BrH/c1-17-6-9-19(10-7-17)25(23-5-3-2-4-12-24-23)16-20(26)18-8-11-21-22(15-18)28-14-13-27-21;/h6-11,15H,2-5,12-14,16H2,1H3;1H. The van der Waals surface area contributed by atoms with Gasteiger partial charge in [-0.3, -0.25) is 9.79 Å². The number of Topliss-reactive ketones (excluding diaryl/α,β-unsaturated/α-hetero) is 1. The molecule has 2 aromatic rings. The minimum Gasteiger partial charge on any atom is -0.486 e. The summed E-state index contributed by atoms with van der Waals surface area (Å²) in [7, 11) is 0. The minimum absolute atomic E-state index is 0. The lowest BCUT2D eigenvalue weighted by atomic mass is 10.1. The van der Waals surface area contributed by atoms with E-state index in [1.165, 1.54) is 12.0 Å². The van der Waals surface area contributed by atoms with Gasteiger partial charge in [0.05, 0.1) is 6.54 Å². The van der Waals surface area contributed by atoms with E-state index in [1.54, 1.807) is 6.07 Å². The summed E-state index contributed by atoms with van der Waals surface area (Å²) in [6, 6.07) is 13.7. The molecule has 0 unspecified atom stereocenters. The Morgan fingerprint density at radius 3 is 2.55 bits per heavy atom. The summed E-state index contributed by atoms with van der Waals surface area (Å²) in [5.74, 6) is 2.40. The van der Waals surface area contributed by atoms with Gasteiger partial charge in [0.2, 0.25) is 0 Å². The normalized spacial score (nSPS) is 15.6. The Kier molecular flexibility index (Phi) is 7.31. The van der Waals surface area contributed by atoms with E-state index < -0.39 is 0 Å². The van der Waals surface area contributed by atoms with E-state index in [9.17, 15) is 4.79 Å². The number of amidine groups is 1. The van der Waals surface area contributed by atoms with Crippen molar-refractivity contribution in [3.8, 4) is 11.5 Å². The number of ketones is 1. The summed E-state index contributed by atoms with van der Waals surface area (Å²) >= 11 is 0. The van der Waals surface area contributed by atoms with E-state index in [2.05, 4.69) is 36.1 Å². The Hall–Kier alpha value is -2.34. The lowest BCUT2D eigenvalue weighted by Crippen LogP contribution is -2.36. The molecule has 2 aliphatic heterocycles. The van der Waals surface area contributed by atoms with Crippen LogP contribution in [0.25, 0.3) is 0 Å². The molecule has 6 heteroatoms. The number of aliphatic imine (C=N–C) groups is 1. The number of hydrogen-bond donors (Lipinski definition) is 0. The third kappa shape index (κ3) is 5.18. The van der Waals surface area contributed by atoms with Crippen molar-refractivity contribution in [1.29, 1.82) is 0 Å². The summed E-state index contributed by atoms with van der Waals surface area (Å²) in [4.78, 5) is 20.0. The smallest absolute Gasteiger partial charge is 0.182 e. The van der Waals surface area contributed by atoms with Gasteiger partial charge in [0.15, 0.2) is 17.3 Å². The van der Waals surface area contributed by atoms with Gasteiger partial charge < -0.3 is 14.4 Å². The van der Waals surface area contributed by atoms with Crippen LogP contribution >= 0.6 is 17.0 Å². The van der Waals surface area contributed by atoms with Crippen molar-refractivity contribution in [3.05, 3.63) is 53.6 Å². The van der Waals surface area contributed by atoms with Crippen LogP contribution in [0.4, 0.5) is 5.69 Å². The Morgan fingerprint density at radius 1 is 1.00 bits per heavy atom. The Labute approximate surface area is 182 Å². The highest BCUT2D eigenvalue weighted by Gasteiger charge is 2.21. The molecule has 0 spiro atoms. The van der Waals surface area contributed by atoms with Crippen molar-refractivity contribution in [2.24, 2.45) is 4.99 Å². The topological polar surface area (TPSA) is 51.1 Å². The molecule has 0 saturated carbocycles. The van der Waals surface area contributed by atoms with Gasteiger partial charge in [-0.15, -0.1) is 17.0 Å². The van der Waals surface area contributed by atoms with Crippen molar-refractivity contribution < 1.29 is 14.3 Å². The van der Waals surface area contributed by atoms with Gasteiger partial charge in [0.1, 0.15) is 19.0 Å². The summed E-state index contributed by atoms with van der Waals surface area (Å²) < 4.78 is 11.2. The summed E-state index contributed by atoms with van der Waals surface area (Å²) in [6.07, 6.45) is 4.31. The first kappa shape index (κ1) is 21.4. The SMILES string of the molecule is Br.Cc1ccc(N(CC(=O)c2ccc3c(c2)OCCO3)C2=NCCCCC2)cc1. The lowest BCUT2D eigenvalue weighted by molar-refractivity contribution is 0.100. The van der Waals surface area contributed by atoms with Crippen molar-refractivity contribution >= 4 is 34.3 Å². The maximum Gasteiger partial charge on any atom is 0.182 e. The second-order valence-electron chi connectivity index (χ2n) is 7.31. The molecular weight excluding hydrogens is 432 g/mol. The van der Waals surface area contributed by atoms with Gasteiger partial charge in [-0.25, -0.2) is 0 Å². The quantitative estimate of drug-likeness (QED) is 0.604. The largest absolute Gasteiger partial charge is 0.486 e. The monoisotopic (exact) mass is 458 g/mol. The minimum atomic E-state index is 0. The number of ether oxygens (including phenoxy) is 2. The first-order valence-electron chi connectivity index (χ1n) is 10.0. The van der Waals surface area contributed by atoms with E-state index in [0.717, 1.165) is 37.3 Å². The number of hydrogen-bond acceptors (Lipinski definition) is 5. The van der Waals surface area contributed by atoms with Crippen LogP contribution in [0.15, 0.2) is 47.5 Å². The average Bonchev–Trinajstić information content (AvgIpc) is 3.01. The van der Waals surface area contributed by atoms with Crippen LogP contribution in [0.5, 0.6) is 11.5 Å². The van der Waals surface area contributed by atoms with Crippen molar-refractivity contribution in [2.75, 3.05) is 31.2 Å². The number of nitrogens with zero attached hydrogens (tertiary/aromatic N) is 2. The molecule has 0 bridgehead atoms. The molecular formula is C23H27BrN2O3. The van der Waals surface area contributed by atoms with Crippen LogP contribution in [0, 0.1) is 6.92 Å². The third-order valence-corrected chi connectivity index (χ3v) is 5.18. The number of fused-ring (bicyclic) bond motifs is 1. The molecule has 0 fully saturated rings. The predicted molar refractivity (Wildman–Crippen MR) is 121 cm³/mol. The van der Waals surface area contributed by atoms with Crippen LogP contribution in [0.1, 0.15) is 41.6 Å². The molecule has 29 heavy (non-hydrogen) atoms. The average molecular weight is 459 g/mol. The number of carbonyl (C=O) groups excluding carboxylic acids is 1. The van der Waals surface area contributed by atoms with E-state index in [4.69, 9.17) is 14.5 Å². The second kappa shape index (κ2) is 9.92. The molecule has 2 heterocycles. The Balaban J connectivity index is 0.00000240. The molecule has 2 aromatic carbocycles. The van der Waals surface area contributed by atoms with Gasteiger partial charge in [0.25, 0.3) is 0 Å². The molecule has 0 aliphatic carbocycles. The number of halogens is 1. The molecule has 0 N–H and O–H groups in total. The first-order valence-corrected chi connectivity index (χ1v) is 10.0. The van der Waals surface area contributed by atoms with Crippen molar-refractivity contribution in [1.82, 2.24) is 0 Å². The summed E-state index contributed by atoms with van der Waals surface area (Å²) in [5, 5.41) is 0. The lowest BCUT2D eigenvalue weighted by Gasteiger charge is -2.26. The fourth-order valence-corrected chi connectivity index (χ4v) is 3.59. The fourth-order valence-electron chi connectivity index (χ4n) is 3.59. The van der Waals surface area contributed by atoms with Gasteiger partial charge in [-0.1, -0.05) is 24.1 Å². The third-order valence-electron chi connectivity index (χ3n) is 5.18. The van der Waals surface area contributed by atoms with Crippen molar-refractivity contribution in [3.63, 3.8) is 0 Å². The van der Waals surface area contributed by atoms with Crippen LogP contribution in [-0.2, 0) is 0 Å². The van der Waals surface area contributed by atoms with E-state index in [0.29, 0.717) is 30.3 Å². The second-order valence-corrected chi connectivity index (χ2v) is 7.31. The highest BCUT2D eigenvalue weighted by atomic mass is 79.9. The van der Waals surface area contributed by atoms with Gasteiger partial charge in [-0.2, -0.15) is 0 Å². The highest BCUT2D eigenvalue weighted by Crippen LogP contribution is 2.31. The highest BCUT2D eigenvalue weighted by molar-refractivity contribution is 8.93. The molecule has 4 rings (SSSR count). The Morgan fingerprint density at radius 2 is 1.76 bits per heavy atom. The van der Waals surface area contributed by atoms with Gasteiger partial charge in [-0.05, 0) is 50.1 Å². The number of aryl methyl sites for hydroxylation is 1. The molecule has 0 atom stereocenters. The number of rotatable bonds is 4. The Bertz CT molecular complexity index is 880. The van der Waals surface area contributed by atoms with Gasteiger partial charge in [0, 0.05) is 24.2 Å². The molecule has 0 aromatic heterocycles. The van der Waals surface area contributed by atoms with Crippen LogP contribution in [-0.4, -0.2) is 37.9 Å². The van der Waals surface area contributed by atoms with Crippen molar-refractivity contribution in [2.45, 2.75) is 32.6 Å². The molecule has 2 aliphatic rings. The molecule has 0 saturated heterocycles. The molecule has 0 amide bonds. The van der Waals surface area contributed by atoms with E-state index >= 15 is 0 Å². The first-order chi connectivity index (χ1) is 13.7. The number of carbonyl (C=O) groups is 1. The summed E-state index contributed by atoms with van der Waals surface area (Å²) in [6.45, 7) is 4.22. The fraction of sp³-hybridized carbons (Fsp3) is 0.391. The zero-order valence-corrected chi connectivity index (χ0v) is 18.4. The summed E-state index contributed by atoms with van der Waals surface area (Å²) in [5.41, 5.74) is 2.84. The number of anilines is 1. The zero-order chi connectivity index (χ0) is 19.3. The molecule has 5 nitrogen and oxygen atoms in total.